The van der Waals surface area contributed by atoms with Gasteiger partial charge in [0.25, 0.3) is 5.89 Å². The number of carbonyl (C=O) groups excluding carboxylic acids is 1. The van der Waals surface area contributed by atoms with Crippen LogP contribution < -0.4 is 0 Å². The molecule has 0 amide bonds. The van der Waals surface area contributed by atoms with Crippen molar-refractivity contribution in [3.8, 4) is 16.9 Å². The zero-order chi connectivity index (χ0) is 19.5. The summed E-state index contributed by atoms with van der Waals surface area (Å²) in [5.74, 6) is 0.159. The smallest absolute Gasteiger partial charge is 0.342 e. The Labute approximate surface area is 161 Å². The normalized spacial score (nSPS) is 11.9. The molecule has 2 aromatic carbocycles. The summed E-state index contributed by atoms with van der Waals surface area (Å²) in [4.78, 5) is 12.9. The molecule has 28 heavy (non-hydrogen) atoms. The van der Waals surface area contributed by atoms with Crippen LogP contribution >= 0.6 is 0 Å². The van der Waals surface area contributed by atoms with Crippen LogP contribution in [0, 0.1) is 6.92 Å². The van der Waals surface area contributed by atoms with Crippen molar-refractivity contribution in [3.05, 3.63) is 84.2 Å². The first-order valence-corrected chi connectivity index (χ1v) is 8.83. The minimum atomic E-state index is -0.669. The van der Waals surface area contributed by atoms with Gasteiger partial charge in [0.1, 0.15) is 11.3 Å². The number of rotatable bonds is 5. The SMILES string of the molecule is Cc1nnc(C(C)OC(=O)c2cn(-c3ccccc3)nc2-c2ccccc2)o1. The Balaban J connectivity index is 1.70. The Bertz CT molecular complexity index is 1090. The van der Waals surface area contributed by atoms with Crippen molar-refractivity contribution >= 4 is 5.97 Å². The molecule has 4 rings (SSSR count). The first kappa shape index (κ1) is 17.7. The van der Waals surface area contributed by atoms with Gasteiger partial charge in [-0.05, 0) is 19.1 Å². The lowest BCUT2D eigenvalue weighted by atomic mass is 10.1. The van der Waals surface area contributed by atoms with Crippen LogP contribution in [0.5, 0.6) is 0 Å². The van der Waals surface area contributed by atoms with Crippen LogP contribution in [0.1, 0.15) is 35.2 Å². The average Bonchev–Trinajstić information content (AvgIpc) is 3.36. The van der Waals surface area contributed by atoms with Gasteiger partial charge in [-0.2, -0.15) is 5.10 Å². The van der Waals surface area contributed by atoms with Crippen molar-refractivity contribution in [1.82, 2.24) is 20.0 Å². The topological polar surface area (TPSA) is 83.0 Å². The molecule has 2 heterocycles. The lowest BCUT2D eigenvalue weighted by Crippen LogP contribution is -2.10. The van der Waals surface area contributed by atoms with E-state index < -0.39 is 12.1 Å². The van der Waals surface area contributed by atoms with Crippen LogP contribution in [-0.4, -0.2) is 25.9 Å². The van der Waals surface area contributed by atoms with E-state index in [4.69, 9.17) is 9.15 Å². The Morgan fingerprint density at radius 1 is 1.04 bits per heavy atom. The van der Waals surface area contributed by atoms with Gasteiger partial charge in [-0.25, -0.2) is 9.48 Å². The second-order valence-electron chi connectivity index (χ2n) is 6.24. The second kappa shape index (κ2) is 7.48. The number of hydrogen-bond donors (Lipinski definition) is 0. The molecule has 0 radical (unpaired) electrons. The van der Waals surface area contributed by atoms with E-state index in [1.54, 1.807) is 24.7 Å². The molecule has 0 N–H and O–H groups in total. The maximum Gasteiger partial charge on any atom is 0.342 e. The lowest BCUT2D eigenvalue weighted by molar-refractivity contribution is 0.0278. The number of carbonyl (C=O) groups is 1. The van der Waals surface area contributed by atoms with Crippen LogP contribution in [-0.2, 0) is 4.74 Å². The third-order valence-electron chi connectivity index (χ3n) is 4.18. The third-order valence-corrected chi connectivity index (χ3v) is 4.18. The number of aryl methyl sites for hydroxylation is 1. The molecule has 7 heteroatoms. The van der Waals surface area contributed by atoms with E-state index in [2.05, 4.69) is 15.3 Å². The summed E-state index contributed by atoms with van der Waals surface area (Å²) in [5.41, 5.74) is 2.58. The van der Waals surface area contributed by atoms with Crippen molar-refractivity contribution in [3.63, 3.8) is 0 Å². The summed E-state index contributed by atoms with van der Waals surface area (Å²) in [6.07, 6.45) is 1.00. The summed E-state index contributed by atoms with van der Waals surface area (Å²) in [5, 5.41) is 12.3. The van der Waals surface area contributed by atoms with Gasteiger partial charge in [0, 0.05) is 18.7 Å². The summed E-state index contributed by atoms with van der Waals surface area (Å²) in [6, 6.07) is 19.1. The molecule has 140 valence electrons. The molecule has 0 aliphatic carbocycles. The highest BCUT2D eigenvalue weighted by Gasteiger charge is 2.24. The monoisotopic (exact) mass is 374 g/mol. The average molecular weight is 374 g/mol. The van der Waals surface area contributed by atoms with E-state index in [-0.39, 0.29) is 5.89 Å². The van der Waals surface area contributed by atoms with Gasteiger partial charge >= 0.3 is 5.97 Å². The fourth-order valence-electron chi connectivity index (χ4n) is 2.80. The van der Waals surface area contributed by atoms with Gasteiger partial charge in [-0.3, -0.25) is 0 Å². The molecule has 4 aromatic rings. The minimum absolute atomic E-state index is 0.252. The number of hydrogen-bond acceptors (Lipinski definition) is 6. The van der Waals surface area contributed by atoms with Gasteiger partial charge in [0.05, 0.1) is 5.69 Å². The Morgan fingerprint density at radius 3 is 2.36 bits per heavy atom. The predicted octanol–water partition coefficient (Wildman–Crippen LogP) is 4.15. The van der Waals surface area contributed by atoms with Gasteiger partial charge < -0.3 is 9.15 Å². The molecule has 1 unspecified atom stereocenters. The number of para-hydroxylation sites is 1. The quantitative estimate of drug-likeness (QED) is 0.488. The zero-order valence-corrected chi connectivity index (χ0v) is 15.4. The summed E-state index contributed by atoms with van der Waals surface area (Å²) in [6.45, 7) is 3.37. The van der Waals surface area contributed by atoms with E-state index in [1.807, 2.05) is 60.7 Å². The van der Waals surface area contributed by atoms with Crippen LogP contribution in [0.3, 0.4) is 0 Å². The van der Waals surface area contributed by atoms with E-state index in [1.165, 1.54) is 0 Å². The van der Waals surface area contributed by atoms with E-state index in [0.717, 1.165) is 11.3 Å². The standard InChI is InChI=1S/C21H18N4O3/c1-14(20-23-22-15(2)28-20)27-21(26)18-13-25(17-11-7-4-8-12-17)24-19(18)16-9-5-3-6-10-16/h3-14H,1-2H3. The Morgan fingerprint density at radius 2 is 1.71 bits per heavy atom. The van der Waals surface area contributed by atoms with E-state index in [0.29, 0.717) is 17.1 Å². The van der Waals surface area contributed by atoms with Crippen molar-refractivity contribution in [2.45, 2.75) is 20.0 Å². The molecule has 0 spiro atoms. The Kier molecular flexibility index (Phi) is 4.72. The fraction of sp³-hybridized carbons (Fsp3) is 0.143. The van der Waals surface area contributed by atoms with E-state index >= 15 is 0 Å². The summed E-state index contributed by atoms with van der Waals surface area (Å²) >= 11 is 0. The molecule has 0 saturated carbocycles. The number of aromatic nitrogens is 4. The molecule has 1 atom stereocenters. The molecule has 0 fully saturated rings. The molecule has 0 saturated heterocycles. The summed E-state index contributed by atoms with van der Waals surface area (Å²) in [7, 11) is 0. The Hall–Kier alpha value is -3.74. The van der Waals surface area contributed by atoms with Crippen molar-refractivity contribution in [2.75, 3.05) is 0 Å². The number of nitrogens with zero attached hydrogens (tertiary/aromatic N) is 4. The molecule has 0 aliphatic rings. The molecule has 2 aromatic heterocycles. The minimum Gasteiger partial charge on any atom is -0.449 e. The molecule has 7 nitrogen and oxygen atoms in total. The van der Waals surface area contributed by atoms with Crippen LogP contribution in [0.15, 0.2) is 71.3 Å². The lowest BCUT2D eigenvalue weighted by Gasteiger charge is -2.09. The molecule has 0 bridgehead atoms. The highest BCUT2D eigenvalue weighted by Crippen LogP contribution is 2.26. The third kappa shape index (κ3) is 3.55. The van der Waals surface area contributed by atoms with Gasteiger partial charge in [0.2, 0.25) is 5.89 Å². The van der Waals surface area contributed by atoms with E-state index in [9.17, 15) is 4.79 Å². The van der Waals surface area contributed by atoms with Crippen molar-refractivity contribution in [1.29, 1.82) is 0 Å². The molecular weight excluding hydrogens is 356 g/mol. The van der Waals surface area contributed by atoms with Crippen molar-refractivity contribution in [2.24, 2.45) is 0 Å². The van der Waals surface area contributed by atoms with Crippen LogP contribution in [0.25, 0.3) is 16.9 Å². The van der Waals surface area contributed by atoms with Crippen molar-refractivity contribution < 1.29 is 13.9 Å². The highest BCUT2D eigenvalue weighted by molar-refractivity contribution is 5.96. The number of benzene rings is 2. The largest absolute Gasteiger partial charge is 0.449 e. The van der Waals surface area contributed by atoms with Gasteiger partial charge in [-0.1, -0.05) is 48.5 Å². The first-order valence-electron chi connectivity index (χ1n) is 8.83. The maximum absolute atomic E-state index is 12.9. The second-order valence-corrected chi connectivity index (χ2v) is 6.24. The maximum atomic E-state index is 12.9. The first-order chi connectivity index (χ1) is 13.6. The van der Waals surface area contributed by atoms with Gasteiger partial charge in [0.15, 0.2) is 6.10 Å². The van der Waals surface area contributed by atoms with Crippen LogP contribution in [0.4, 0.5) is 0 Å². The number of esters is 1. The molecular formula is C21H18N4O3. The van der Waals surface area contributed by atoms with Crippen LogP contribution in [0.2, 0.25) is 0 Å². The zero-order valence-electron chi connectivity index (χ0n) is 15.4. The molecule has 0 aliphatic heterocycles. The summed E-state index contributed by atoms with van der Waals surface area (Å²) < 4.78 is 12.6. The highest BCUT2D eigenvalue weighted by atomic mass is 16.6. The number of ether oxygens (including phenoxy) is 1. The van der Waals surface area contributed by atoms with Gasteiger partial charge in [-0.15, -0.1) is 10.2 Å². The fourth-order valence-corrected chi connectivity index (χ4v) is 2.80. The predicted molar refractivity (Wildman–Crippen MR) is 102 cm³/mol.